The predicted octanol–water partition coefficient (Wildman–Crippen LogP) is -3.38. The second-order valence-corrected chi connectivity index (χ2v) is 2.21. The average molecular weight is 218 g/mol. The SMILES string of the molecule is O=P([O-])([O-])O.OP(O)O.[Ca+2]. The number of phosphoric acid groups is 1. The Morgan fingerprint density at radius 2 is 1.20 bits per heavy atom. The van der Waals surface area contributed by atoms with Gasteiger partial charge >= 0.3 is 46.3 Å². The maximum Gasteiger partial charge on any atom is 2.00 e. The van der Waals surface area contributed by atoms with E-state index in [9.17, 15) is 0 Å². The zero-order valence-corrected chi connectivity index (χ0v) is 8.61. The molecular formula is H4CaO7P2. The van der Waals surface area contributed by atoms with Crippen LogP contribution >= 0.6 is 16.4 Å². The van der Waals surface area contributed by atoms with E-state index >= 15 is 0 Å². The van der Waals surface area contributed by atoms with E-state index in [1.54, 1.807) is 0 Å². The van der Waals surface area contributed by atoms with E-state index in [1.807, 2.05) is 0 Å². The van der Waals surface area contributed by atoms with Crippen molar-refractivity contribution >= 4 is 54.2 Å². The van der Waals surface area contributed by atoms with Crippen molar-refractivity contribution in [2.45, 2.75) is 0 Å². The Morgan fingerprint density at radius 1 is 1.20 bits per heavy atom. The molecule has 0 amide bonds. The summed E-state index contributed by atoms with van der Waals surface area (Å²) in [7, 11) is -7.76. The van der Waals surface area contributed by atoms with Crippen LogP contribution in [0.4, 0.5) is 0 Å². The van der Waals surface area contributed by atoms with Gasteiger partial charge in [-0.05, 0) is 0 Å². The van der Waals surface area contributed by atoms with Crippen LogP contribution in [0.5, 0.6) is 0 Å². The average Bonchev–Trinajstić information content (AvgIpc) is 1.19. The van der Waals surface area contributed by atoms with Crippen molar-refractivity contribution in [3.8, 4) is 0 Å². The van der Waals surface area contributed by atoms with E-state index in [1.165, 1.54) is 0 Å². The predicted molar refractivity (Wildman–Crippen MR) is 29.2 cm³/mol. The summed E-state index contributed by atoms with van der Waals surface area (Å²) in [4.78, 5) is 46.0. The van der Waals surface area contributed by atoms with Crippen LogP contribution in [0.15, 0.2) is 0 Å². The van der Waals surface area contributed by atoms with Crippen molar-refractivity contribution in [3.63, 3.8) is 0 Å². The molecule has 0 saturated carbocycles. The summed E-state index contributed by atoms with van der Waals surface area (Å²) >= 11 is 0. The molecule has 0 aromatic carbocycles. The normalized spacial score (nSPS) is 9.50. The summed E-state index contributed by atoms with van der Waals surface area (Å²) in [5.41, 5.74) is 0. The van der Waals surface area contributed by atoms with Gasteiger partial charge in [-0.3, -0.25) is 0 Å². The molecule has 0 radical (unpaired) electrons. The fourth-order valence-corrected chi connectivity index (χ4v) is 0. The fourth-order valence-electron chi connectivity index (χ4n) is 0. The van der Waals surface area contributed by atoms with E-state index in [0.717, 1.165) is 0 Å². The van der Waals surface area contributed by atoms with E-state index in [0.29, 0.717) is 0 Å². The monoisotopic (exact) mass is 218 g/mol. The number of hydrogen-bond donors (Lipinski definition) is 4. The van der Waals surface area contributed by atoms with Crippen molar-refractivity contribution in [1.29, 1.82) is 0 Å². The Labute approximate surface area is 87.6 Å². The zero-order chi connectivity index (χ0) is 8.08. The molecule has 4 N–H and O–H groups in total. The van der Waals surface area contributed by atoms with E-state index < -0.39 is 16.4 Å². The van der Waals surface area contributed by atoms with Crippen molar-refractivity contribution in [2.75, 3.05) is 0 Å². The first-order valence-electron chi connectivity index (χ1n) is 1.35. The van der Waals surface area contributed by atoms with Crippen LogP contribution < -0.4 is 9.79 Å². The molecule has 0 spiro atoms. The minimum Gasteiger partial charge on any atom is -0.790 e. The van der Waals surface area contributed by atoms with Crippen LogP contribution in [0.25, 0.3) is 0 Å². The van der Waals surface area contributed by atoms with Gasteiger partial charge < -0.3 is 33.9 Å². The first-order chi connectivity index (χ1) is 3.73. The van der Waals surface area contributed by atoms with Gasteiger partial charge in [0, 0.05) is 0 Å². The maximum absolute atomic E-state index is 8.66. The molecule has 58 valence electrons. The first-order valence-corrected chi connectivity index (χ1v) is 4.04. The molecule has 0 aromatic heterocycles. The summed E-state index contributed by atoms with van der Waals surface area (Å²) in [6, 6.07) is 0. The molecule has 0 aromatic rings. The molecular weight excluding hydrogens is 214 g/mol. The standard InChI is InChI=1S/Ca.H3O4P.H3O3P/c;1-5(2,3)4;1-4(2)3/h;(H3,1,2,3,4);1-3H/q+2;;/p-2. The van der Waals surface area contributed by atoms with Gasteiger partial charge in [0.05, 0.1) is 7.82 Å². The largest absolute Gasteiger partial charge is 2.00 e. The molecule has 0 unspecified atom stereocenters. The Hall–Kier alpha value is 1.68. The molecule has 0 aliphatic heterocycles. The van der Waals surface area contributed by atoms with Gasteiger partial charge in [-0.2, -0.15) is 0 Å². The van der Waals surface area contributed by atoms with Crippen molar-refractivity contribution in [1.82, 2.24) is 0 Å². The molecule has 0 saturated heterocycles. The molecule has 0 aliphatic rings. The van der Waals surface area contributed by atoms with Crippen molar-refractivity contribution < 1.29 is 33.9 Å². The summed E-state index contributed by atoms with van der Waals surface area (Å²) in [6.07, 6.45) is 0. The van der Waals surface area contributed by atoms with Crippen LogP contribution in [0.2, 0.25) is 0 Å². The molecule has 0 aliphatic carbocycles. The van der Waals surface area contributed by atoms with Crippen molar-refractivity contribution in [2.24, 2.45) is 0 Å². The van der Waals surface area contributed by atoms with Crippen LogP contribution in [-0.4, -0.2) is 57.3 Å². The topological polar surface area (TPSA) is 144 Å². The van der Waals surface area contributed by atoms with Crippen LogP contribution in [0.3, 0.4) is 0 Å². The molecule has 0 bridgehead atoms. The second kappa shape index (κ2) is 8.77. The summed E-state index contributed by atoms with van der Waals surface area (Å²) in [5.74, 6) is 0. The zero-order valence-electron chi connectivity index (χ0n) is 4.62. The fraction of sp³-hybridized carbons (Fsp3) is 0. The number of rotatable bonds is 0. The quantitative estimate of drug-likeness (QED) is 0.245. The third kappa shape index (κ3) is 258. The molecule has 10 heavy (non-hydrogen) atoms. The van der Waals surface area contributed by atoms with Crippen LogP contribution in [0.1, 0.15) is 0 Å². The van der Waals surface area contributed by atoms with Gasteiger partial charge in [0.2, 0.25) is 0 Å². The molecule has 0 fully saturated rings. The van der Waals surface area contributed by atoms with Gasteiger partial charge in [0.25, 0.3) is 0 Å². The summed E-state index contributed by atoms with van der Waals surface area (Å²) in [6.45, 7) is 0. The van der Waals surface area contributed by atoms with Gasteiger partial charge in [0.1, 0.15) is 0 Å². The minimum atomic E-state index is -5.14. The van der Waals surface area contributed by atoms with Gasteiger partial charge in [-0.15, -0.1) is 0 Å². The molecule has 0 heterocycles. The Balaban J connectivity index is -0.0000000910. The first kappa shape index (κ1) is 17.7. The smallest absolute Gasteiger partial charge is 0.790 e. The molecule has 7 nitrogen and oxygen atoms in total. The second-order valence-electron chi connectivity index (χ2n) is 0.737. The van der Waals surface area contributed by atoms with Crippen LogP contribution in [-0.2, 0) is 4.57 Å². The third-order valence-electron chi connectivity index (χ3n) is 0. The Bertz CT molecular complexity index is 82.8. The Kier molecular flexibility index (Phi) is 15.5. The Morgan fingerprint density at radius 3 is 1.20 bits per heavy atom. The molecule has 0 rings (SSSR count). The molecule has 10 heteroatoms. The number of hydrogen-bond acceptors (Lipinski definition) is 6. The van der Waals surface area contributed by atoms with E-state index in [4.69, 9.17) is 33.9 Å². The van der Waals surface area contributed by atoms with Gasteiger partial charge in [-0.1, -0.05) is 0 Å². The van der Waals surface area contributed by atoms with Crippen molar-refractivity contribution in [3.05, 3.63) is 0 Å². The molecule has 0 atom stereocenters. The van der Waals surface area contributed by atoms with Gasteiger partial charge in [-0.25, -0.2) is 0 Å². The summed E-state index contributed by atoms with van der Waals surface area (Å²) in [5, 5.41) is 0. The maximum atomic E-state index is 8.66. The third-order valence-corrected chi connectivity index (χ3v) is 0. The summed E-state index contributed by atoms with van der Waals surface area (Å²) < 4.78 is 8.66. The minimum absolute atomic E-state index is 0. The van der Waals surface area contributed by atoms with Crippen LogP contribution in [0, 0.1) is 0 Å². The van der Waals surface area contributed by atoms with Gasteiger partial charge in [0.15, 0.2) is 0 Å². The van der Waals surface area contributed by atoms with E-state index in [-0.39, 0.29) is 37.7 Å². The van der Waals surface area contributed by atoms with E-state index in [2.05, 4.69) is 0 Å².